The smallest absolute Gasteiger partial charge is 0.124 e. The molecule has 6 rings (SSSR count). The van der Waals surface area contributed by atoms with Crippen molar-refractivity contribution in [1.29, 1.82) is 0 Å². The summed E-state index contributed by atoms with van der Waals surface area (Å²) < 4.78 is 6.14. The third-order valence-corrected chi connectivity index (χ3v) is 8.07. The molecule has 0 radical (unpaired) electrons. The number of halogens is 3. The van der Waals surface area contributed by atoms with Crippen LogP contribution in [0.2, 0.25) is 15.1 Å². The molecule has 4 aliphatic rings. The van der Waals surface area contributed by atoms with Gasteiger partial charge in [0.15, 0.2) is 0 Å². The highest BCUT2D eigenvalue weighted by molar-refractivity contribution is 6.42. The van der Waals surface area contributed by atoms with Crippen LogP contribution in [0.25, 0.3) is 0 Å². The van der Waals surface area contributed by atoms with Crippen LogP contribution in [0.5, 0.6) is 5.75 Å². The molecule has 0 aromatic heterocycles. The highest BCUT2D eigenvalue weighted by Gasteiger charge is 2.50. The molecule has 2 nitrogen and oxygen atoms in total. The van der Waals surface area contributed by atoms with Crippen LogP contribution in [0.15, 0.2) is 36.4 Å². The lowest BCUT2D eigenvalue weighted by Gasteiger charge is -2.57. The second-order valence-corrected chi connectivity index (χ2v) is 10.6. The lowest BCUT2D eigenvalue weighted by Crippen LogP contribution is -2.58. The number of hydrogen-bond donors (Lipinski definition) is 1. The Bertz CT molecular complexity index is 878. The molecule has 0 unspecified atom stereocenters. The van der Waals surface area contributed by atoms with Crippen LogP contribution in [0.3, 0.4) is 0 Å². The molecule has 29 heavy (non-hydrogen) atoms. The van der Waals surface area contributed by atoms with Gasteiger partial charge in [-0.2, -0.15) is 0 Å². The van der Waals surface area contributed by atoms with E-state index in [9.17, 15) is 0 Å². The van der Waals surface area contributed by atoms with E-state index in [1.165, 1.54) is 38.5 Å². The Morgan fingerprint density at radius 2 is 1.55 bits per heavy atom. The fourth-order valence-electron chi connectivity index (χ4n) is 6.23. The summed E-state index contributed by atoms with van der Waals surface area (Å²) >= 11 is 18.5. The van der Waals surface area contributed by atoms with Crippen LogP contribution in [0.4, 0.5) is 0 Å². The fourth-order valence-corrected chi connectivity index (χ4v) is 6.74. The van der Waals surface area contributed by atoms with Crippen LogP contribution < -0.4 is 10.1 Å². The van der Waals surface area contributed by atoms with E-state index in [0.717, 1.165) is 46.2 Å². The molecule has 4 bridgehead atoms. The van der Waals surface area contributed by atoms with Crippen LogP contribution in [0.1, 0.15) is 49.7 Å². The van der Waals surface area contributed by atoms with Gasteiger partial charge >= 0.3 is 0 Å². The van der Waals surface area contributed by atoms with Crippen LogP contribution >= 0.6 is 34.8 Å². The molecule has 0 aliphatic heterocycles. The van der Waals surface area contributed by atoms with Crippen molar-refractivity contribution in [1.82, 2.24) is 5.32 Å². The average Bonchev–Trinajstić information content (AvgIpc) is 2.67. The van der Waals surface area contributed by atoms with E-state index >= 15 is 0 Å². The van der Waals surface area contributed by atoms with E-state index in [4.69, 9.17) is 39.5 Å². The van der Waals surface area contributed by atoms with Crippen molar-refractivity contribution in [3.8, 4) is 5.75 Å². The van der Waals surface area contributed by atoms with Gasteiger partial charge in [-0.05, 0) is 92.2 Å². The lowest BCUT2D eigenvalue weighted by atomic mass is 9.53. The minimum absolute atomic E-state index is 0.318. The summed E-state index contributed by atoms with van der Waals surface area (Å²) in [4.78, 5) is 0. The third kappa shape index (κ3) is 4.28. The van der Waals surface area contributed by atoms with E-state index < -0.39 is 0 Å². The Labute approximate surface area is 187 Å². The Balaban J connectivity index is 1.29. The van der Waals surface area contributed by atoms with Gasteiger partial charge in [0, 0.05) is 22.7 Å². The molecule has 154 valence electrons. The standard InChI is InChI=1S/C24H26Cl3NO/c25-20-2-4-23(29-14-15-1-3-21(26)22(27)8-15)19(9-20)13-28-24-10-16-5-17(11-24)7-18(6-16)12-24/h1-4,8-9,16-18,28H,5-7,10-14H2. The zero-order valence-corrected chi connectivity index (χ0v) is 18.7. The molecule has 4 fully saturated rings. The predicted molar refractivity (Wildman–Crippen MR) is 120 cm³/mol. The van der Waals surface area contributed by atoms with Gasteiger partial charge in [-0.15, -0.1) is 0 Å². The molecule has 0 saturated heterocycles. The van der Waals surface area contributed by atoms with Crippen molar-refractivity contribution in [3.05, 3.63) is 62.6 Å². The van der Waals surface area contributed by atoms with Gasteiger partial charge in [-0.1, -0.05) is 40.9 Å². The molecule has 1 N–H and O–H groups in total. The molecule has 0 spiro atoms. The second kappa shape index (κ2) is 7.96. The Morgan fingerprint density at radius 1 is 0.862 bits per heavy atom. The highest BCUT2D eigenvalue weighted by atomic mass is 35.5. The first-order chi connectivity index (χ1) is 14.0. The predicted octanol–water partition coefficient (Wildman–Crippen LogP) is 7.28. The maximum absolute atomic E-state index is 6.31. The average molecular weight is 451 g/mol. The van der Waals surface area contributed by atoms with E-state index in [0.29, 0.717) is 22.2 Å². The summed E-state index contributed by atoms with van der Waals surface area (Å²) in [6, 6.07) is 11.5. The normalized spacial score (nSPS) is 30.0. The number of rotatable bonds is 6. The molecule has 5 heteroatoms. The fraction of sp³-hybridized carbons (Fsp3) is 0.500. The van der Waals surface area contributed by atoms with Gasteiger partial charge in [-0.25, -0.2) is 0 Å². The van der Waals surface area contributed by atoms with E-state index in [1.54, 1.807) is 6.07 Å². The largest absolute Gasteiger partial charge is 0.489 e. The van der Waals surface area contributed by atoms with Crippen molar-refractivity contribution in [2.24, 2.45) is 17.8 Å². The molecule has 4 saturated carbocycles. The number of benzene rings is 2. The molecule has 2 aromatic carbocycles. The number of nitrogens with one attached hydrogen (secondary N) is 1. The second-order valence-electron chi connectivity index (χ2n) is 9.34. The zero-order chi connectivity index (χ0) is 20.0. The summed E-state index contributed by atoms with van der Waals surface area (Å²) in [5.74, 6) is 3.66. The third-order valence-electron chi connectivity index (χ3n) is 7.09. The topological polar surface area (TPSA) is 21.3 Å². The molecular weight excluding hydrogens is 425 g/mol. The quantitative estimate of drug-likeness (QED) is 0.499. The molecular formula is C24H26Cl3NO. The van der Waals surface area contributed by atoms with Gasteiger partial charge in [-0.3, -0.25) is 0 Å². The van der Waals surface area contributed by atoms with Gasteiger partial charge in [0.2, 0.25) is 0 Å². The first-order valence-electron chi connectivity index (χ1n) is 10.6. The minimum Gasteiger partial charge on any atom is -0.489 e. The highest BCUT2D eigenvalue weighted by Crippen LogP contribution is 2.55. The Kier molecular flexibility index (Phi) is 5.49. The van der Waals surface area contributed by atoms with Crippen molar-refractivity contribution in [2.45, 2.75) is 57.2 Å². The summed E-state index contributed by atoms with van der Waals surface area (Å²) in [5, 5.41) is 5.80. The summed E-state index contributed by atoms with van der Waals surface area (Å²) in [7, 11) is 0. The molecule has 2 aromatic rings. The van der Waals surface area contributed by atoms with Crippen molar-refractivity contribution < 1.29 is 4.74 Å². The maximum Gasteiger partial charge on any atom is 0.124 e. The van der Waals surface area contributed by atoms with Gasteiger partial charge in [0.25, 0.3) is 0 Å². The van der Waals surface area contributed by atoms with Gasteiger partial charge in [0.05, 0.1) is 10.0 Å². The molecule has 0 atom stereocenters. The van der Waals surface area contributed by atoms with Gasteiger partial charge < -0.3 is 10.1 Å². The SMILES string of the molecule is Clc1ccc(OCc2ccc(Cl)c(Cl)c2)c(CNC23CC4CC(CC(C4)C2)C3)c1. The minimum atomic E-state index is 0.318. The van der Waals surface area contributed by atoms with E-state index in [1.807, 2.05) is 30.3 Å². The van der Waals surface area contributed by atoms with E-state index in [-0.39, 0.29) is 0 Å². The number of hydrogen-bond acceptors (Lipinski definition) is 2. The summed E-state index contributed by atoms with van der Waals surface area (Å²) in [5.41, 5.74) is 2.43. The Morgan fingerprint density at radius 3 is 2.21 bits per heavy atom. The Hall–Kier alpha value is -0.930. The lowest BCUT2D eigenvalue weighted by molar-refractivity contribution is -0.0206. The van der Waals surface area contributed by atoms with Crippen LogP contribution in [-0.4, -0.2) is 5.54 Å². The summed E-state index contributed by atoms with van der Waals surface area (Å²) in [6.45, 7) is 1.24. The first kappa shape index (κ1) is 20.0. The summed E-state index contributed by atoms with van der Waals surface area (Å²) in [6.07, 6.45) is 8.36. The van der Waals surface area contributed by atoms with E-state index in [2.05, 4.69) is 5.32 Å². The van der Waals surface area contributed by atoms with Crippen molar-refractivity contribution >= 4 is 34.8 Å². The van der Waals surface area contributed by atoms with Crippen LogP contribution in [0, 0.1) is 17.8 Å². The van der Waals surface area contributed by atoms with Crippen molar-refractivity contribution in [3.63, 3.8) is 0 Å². The molecule has 0 amide bonds. The first-order valence-corrected chi connectivity index (χ1v) is 11.7. The van der Waals surface area contributed by atoms with Crippen LogP contribution in [-0.2, 0) is 13.2 Å². The molecule has 0 heterocycles. The number of ether oxygens (including phenoxy) is 1. The maximum atomic E-state index is 6.31. The monoisotopic (exact) mass is 449 g/mol. The zero-order valence-electron chi connectivity index (χ0n) is 16.4. The van der Waals surface area contributed by atoms with Crippen molar-refractivity contribution in [2.75, 3.05) is 0 Å². The molecule has 4 aliphatic carbocycles. The van der Waals surface area contributed by atoms with Gasteiger partial charge in [0.1, 0.15) is 12.4 Å².